The van der Waals surface area contributed by atoms with Crippen molar-refractivity contribution in [3.05, 3.63) is 48.0 Å². The number of hydrogen-bond acceptors (Lipinski definition) is 2. The van der Waals surface area contributed by atoms with E-state index < -0.39 is 0 Å². The summed E-state index contributed by atoms with van der Waals surface area (Å²) in [5, 5.41) is 0. The zero-order valence-electron chi connectivity index (χ0n) is 19.5. The number of unbranched alkanes of at least 4 members (excludes halogenated alkanes) is 3. The van der Waals surface area contributed by atoms with E-state index in [1.807, 2.05) is 30.3 Å². The highest BCUT2D eigenvalue weighted by molar-refractivity contribution is 5.89. The Kier molecular flexibility index (Phi) is 8.98. The predicted molar refractivity (Wildman–Crippen MR) is 121 cm³/mol. The van der Waals surface area contributed by atoms with Crippen LogP contribution < -0.4 is 0 Å². The monoisotopic (exact) mass is 386 g/mol. The van der Waals surface area contributed by atoms with Crippen molar-refractivity contribution in [3.8, 4) is 0 Å². The highest BCUT2D eigenvalue weighted by Gasteiger charge is 2.43. The minimum absolute atomic E-state index is 0.0218. The second-order valence-corrected chi connectivity index (χ2v) is 10.1. The van der Waals surface area contributed by atoms with Gasteiger partial charge in [0.2, 0.25) is 0 Å². The first-order valence-electron chi connectivity index (χ1n) is 10.9. The molecule has 1 rings (SSSR count). The fraction of sp³-hybridized carbons (Fsp3) is 0.654. The van der Waals surface area contributed by atoms with Crippen LogP contribution in [0.25, 0.3) is 0 Å². The van der Waals surface area contributed by atoms with Crippen LogP contribution in [0.1, 0.15) is 97.9 Å². The van der Waals surface area contributed by atoms with E-state index in [1.54, 1.807) is 0 Å². The van der Waals surface area contributed by atoms with Crippen LogP contribution >= 0.6 is 0 Å². The number of carbonyl (C=O) groups is 1. The summed E-state index contributed by atoms with van der Waals surface area (Å²) in [5.41, 5.74) is 0.848. The van der Waals surface area contributed by atoms with Crippen LogP contribution in [0.15, 0.2) is 42.5 Å². The van der Waals surface area contributed by atoms with Crippen LogP contribution in [0.3, 0.4) is 0 Å². The zero-order chi connectivity index (χ0) is 21.4. The summed E-state index contributed by atoms with van der Waals surface area (Å²) < 4.78 is 5.88. The van der Waals surface area contributed by atoms with Crippen LogP contribution in [0, 0.1) is 16.2 Å². The van der Waals surface area contributed by atoms with Crippen molar-refractivity contribution in [1.29, 1.82) is 0 Å². The Bertz CT molecular complexity index is 618. The fourth-order valence-corrected chi connectivity index (χ4v) is 3.27. The topological polar surface area (TPSA) is 26.3 Å². The quantitative estimate of drug-likeness (QED) is 0.232. The van der Waals surface area contributed by atoms with E-state index in [-0.39, 0.29) is 28.3 Å². The van der Waals surface area contributed by atoms with E-state index in [0.29, 0.717) is 5.56 Å². The Balaban J connectivity index is 2.94. The molecule has 1 unspecified atom stereocenters. The van der Waals surface area contributed by atoms with Gasteiger partial charge < -0.3 is 4.74 Å². The third kappa shape index (κ3) is 6.79. The molecule has 2 heteroatoms. The number of carbonyl (C=O) groups excluding carboxylic acids is 1. The van der Waals surface area contributed by atoms with Crippen molar-refractivity contribution in [2.45, 2.75) is 93.6 Å². The summed E-state index contributed by atoms with van der Waals surface area (Å²) in [6.07, 6.45) is 9.78. The summed E-state index contributed by atoms with van der Waals surface area (Å²) in [7, 11) is 0. The molecule has 0 bridgehead atoms. The molecule has 28 heavy (non-hydrogen) atoms. The summed E-state index contributed by atoms with van der Waals surface area (Å²) >= 11 is 0. The summed E-state index contributed by atoms with van der Waals surface area (Å²) in [6, 6.07) is 9.28. The molecule has 0 saturated carbocycles. The number of ether oxygens (including phenoxy) is 1. The van der Waals surface area contributed by atoms with Gasteiger partial charge >= 0.3 is 5.97 Å². The first-order chi connectivity index (χ1) is 12.9. The fourth-order valence-electron chi connectivity index (χ4n) is 3.27. The van der Waals surface area contributed by atoms with Gasteiger partial charge in [0.15, 0.2) is 0 Å². The van der Waals surface area contributed by atoms with Gasteiger partial charge in [-0.15, -0.1) is 0 Å². The van der Waals surface area contributed by atoms with Gasteiger partial charge in [-0.3, -0.25) is 0 Å². The maximum atomic E-state index is 12.6. The van der Waals surface area contributed by atoms with Crippen molar-refractivity contribution >= 4 is 5.97 Å². The van der Waals surface area contributed by atoms with Crippen molar-refractivity contribution in [3.63, 3.8) is 0 Å². The molecular formula is C26H42O2. The number of benzene rings is 1. The second kappa shape index (κ2) is 10.3. The second-order valence-electron chi connectivity index (χ2n) is 10.1. The average Bonchev–Trinajstić information content (AvgIpc) is 2.62. The van der Waals surface area contributed by atoms with Gasteiger partial charge in [-0.05, 0) is 47.3 Å². The van der Waals surface area contributed by atoms with Gasteiger partial charge in [0.05, 0.1) is 5.56 Å². The number of hydrogen-bond donors (Lipinski definition) is 0. The van der Waals surface area contributed by atoms with Crippen LogP contribution in [-0.2, 0) is 4.74 Å². The molecule has 0 aromatic heterocycles. The van der Waals surface area contributed by atoms with Crippen molar-refractivity contribution in [1.82, 2.24) is 0 Å². The number of esters is 1. The lowest BCUT2D eigenvalue weighted by Gasteiger charge is -2.49. The van der Waals surface area contributed by atoms with Crippen LogP contribution in [-0.4, -0.2) is 12.1 Å². The molecule has 0 spiro atoms. The van der Waals surface area contributed by atoms with E-state index in [2.05, 4.69) is 67.5 Å². The Morgan fingerprint density at radius 1 is 0.964 bits per heavy atom. The van der Waals surface area contributed by atoms with E-state index >= 15 is 0 Å². The minimum atomic E-state index is -0.237. The SMILES string of the molecule is CCCCCCC(/C=C/C(C)(C)C(C)(C)C(C)(C)C)OC(=O)c1ccccc1. The lowest BCUT2D eigenvalue weighted by molar-refractivity contribution is 0.0227. The van der Waals surface area contributed by atoms with E-state index in [9.17, 15) is 4.79 Å². The molecule has 0 N–H and O–H groups in total. The first kappa shape index (κ1) is 24.5. The molecule has 0 aliphatic heterocycles. The molecule has 0 heterocycles. The highest BCUT2D eigenvalue weighted by Crippen LogP contribution is 2.51. The third-order valence-corrected chi connectivity index (χ3v) is 6.82. The van der Waals surface area contributed by atoms with Gasteiger partial charge in [0.25, 0.3) is 0 Å². The van der Waals surface area contributed by atoms with E-state index in [0.717, 1.165) is 12.8 Å². The average molecular weight is 387 g/mol. The van der Waals surface area contributed by atoms with Crippen LogP contribution in [0.5, 0.6) is 0 Å². The molecule has 0 fully saturated rings. The van der Waals surface area contributed by atoms with Gasteiger partial charge in [0, 0.05) is 0 Å². The highest BCUT2D eigenvalue weighted by atomic mass is 16.5. The normalized spacial score (nSPS) is 14.3. The summed E-state index contributed by atoms with van der Waals surface area (Å²) in [6.45, 7) is 18.3. The van der Waals surface area contributed by atoms with Crippen molar-refractivity contribution in [2.24, 2.45) is 16.2 Å². The number of rotatable bonds is 10. The molecule has 1 atom stereocenters. The molecule has 0 aliphatic carbocycles. The Morgan fingerprint density at radius 2 is 1.57 bits per heavy atom. The molecule has 1 aromatic rings. The van der Waals surface area contributed by atoms with Gasteiger partial charge in [-0.2, -0.15) is 0 Å². The van der Waals surface area contributed by atoms with Gasteiger partial charge in [0.1, 0.15) is 6.10 Å². The van der Waals surface area contributed by atoms with Crippen molar-refractivity contribution < 1.29 is 9.53 Å². The Labute approximate surface area is 173 Å². The molecule has 2 nitrogen and oxygen atoms in total. The Morgan fingerprint density at radius 3 is 2.11 bits per heavy atom. The molecule has 0 aliphatic rings. The summed E-state index contributed by atoms with van der Waals surface area (Å²) in [4.78, 5) is 12.6. The summed E-state index contributed by atoms with van der Waals surface area (Å²) in [5.74, 6) is -0.237. The largest absolute Gasteiger partial charge is 0.455 e. The molecule has 158 valence electrons. The minimum Gasteiger partial charge on any atom is -0.455 e. The molecule has 0 amide bonds. The van der Waals surface area contributed by atoms with E-state index in [4.69, 9.17) is 4.74 Å². The Hall–Kier alpha value is -1.57. The van der Waals surface area contributed by atoms with Crippen LogP contribution in [0.4, 0.5) is 0 Å². The molecule has 1 aromatic carbocycles. The lowest BCUT2D eigenvalue weighted by Crippen LogP contribution is -2.42. The zero-order valence-corrected chi connectivity index (χ0v) is 19.5. The standard InChI is InChI=1S/C26H42O2/c1-9-10-11-15-18-22(28-23(27)21-16-13-12-14-17-21)19-20-25(5,6)26(7,8)24(2,3)4/h12-14,16-17,19-20,22H,9-11,15,18H2,1-8H3/b20-19+. The smallest absolute Gasteiger partial charge is 0.338 e. The first-order valence-corrected chi connectivity index (χ1v) is 10.9. The van der Waals surface area contributed by atoms with Gasteiger partial charge in [-0.25, -0.2) is 4.79 Å². The molecule has 0 radical (unpaired) electrons. The molecular weight excluding hydrogens is 344 g/mol. The van der Waals surface area contributed by atoms with Crippen LogP contribution in [0.2, 0.25) is 0 Å². The van der Waals surface area contributed by atoms with Gasteiger partial charge in [-0.1, -0.05) is 98.9 Å². The van der Waals surface area contributed by atoms with E-state index in [1.165, 1.54) is 19.3 Å². The lowest BCUT2D eigenvalue weighted by atomic mass is 9.55. The number of allylic oxidation sites excluding steroid dienone is 1. The molecule has 0 saturated heterocycles. The van der Waals surface area contributed by atoms with Crippen molar-refractivity contribution in [2.75, 3.05) is 0 Å². The third-order valence-electron chi connectivity index (χ3n) is 6.82. The predicted octanol–water partition coefficient (Wildman–Crippen LogP) is 7.84. The maximum absolute atomic E-state index is 12.6. The maximum Gasteiger partial charge on any atom is 0.338 e.